The van der Waals surface area contributed by atoms with Crippen molar-refractivity contribution in [3.63, 3.8) is 0 Å². The molecule has 0 bridgehead atoms. The van der Waals surface area contributed by atoms with Crippen LogP contribution in [0, 0.1) is 6.92 Å². The molecule has 0 unspecified atom stereocenters. The minimum Gasteiger partial charge on any atom is -0.435 e. The van der Waals surface area contributed by atoms with Crippen molar-refractivity contribution >= 4 is 11.6 Å². The third kappa shape index (κ3) is 4.49. The molecule has 0 radical (unpaired) electrons. The van der Waals surface area contributed by atoms with E-state index in [1.165, 1.54) is 24.3 Å². The quantitative estimate of drug-likeness (QED) is 0.688. The van der Waals surface area contributed by atoms with Crippen LogP contribution in [0.1, 0.15) is 28.5 Å². The fraction of sp³-hybridized carbons (Fsp3) is 0.278. The predicted octanol–water partition coefficient (Wildman–Crippen LogP) is 3.31. The second kappa shape index (κ2) is 7.98. The standard InChI is InChI=1S/C18H19F2N5O2/c1-3-25-12(2)14(8-22-25)10-24-11-15(9-21-24)23-17(26)13-4-6-16(7-5-13)27-18(19)20/h4-9,11,18H,3,10H2,1-2H3,(H,23,26). The van der Waals surface area contributed by atoms with Crippen molar-refractivity contribution in [3.8, 4) is 5.75 Å². The van der Waals surface area contributed by atoms with Crippen LogP contribution < -0.4 is 10.1 Å². The molecule has 2 aromatic heterocycles. The number of amides is 1. The molecule has 1 aromatic carbocycles. The van der Waals surface area contributed by atoms with Gasteiger partial charge in [-0.1, -0.05) is 0 Å². The maximum absolute atomic E-state index is 12.3. The van der Waals surface area contributed by atoms with E-state index in [2.05, 4.69) is 20.3 Å². The Balaban J connectivity index is 1.63. The summed E-state index contributed by atoms with van der Waals surface area (Å²) in [4.78, 5) is 12.3. The van der Waals surface area contributed by atoms with E-state index in [0.29, 0.717) is 17.8 Å². The molecule has 0 fully saturated rings. The monoisotopic (exact) mass is 375 g/mol. The number of anilines is 1. The van der Waals surface area contributed by atoms with Crippen LogP contribution in [0.4, 0.5) is 14.5 Å². The normalized spacial score (nSPS) is 11.0. The first-order chi connectivity index (χ1) is 13.0. The van der Waals surface area contributed by atoms with Gasteiger partial charge in [-0.05, 0) is 38.1 Å². The summed E-state index contributed by atoms with van der Waals surface area (Å²) in [7, 11) is 0. The zero-order valence-corrected chi connectivity index (χ0v) is 14.9. The predicted molar refractivity (Wildman–Crippen MR) is 95.0 cm³/mol. The number of aromatic nitrogens is 4. The van der Waals surface area contributed by atoms with Gasteiger partial charge in [0.05, 0.1) is 24.6 Å². The average molecular weight is 375 g/mol. The van der Waals surface area contributed by atoms with E-state index in [0.717, 1.165) is 17.8 Å². The van der Waals surface area contributed by atoms with Crippen LogP contribution in [0.2, 0.25) is 0 Å². The number of hydrogen-bond donors (Lipinski definition) is 1. The van der Waals surface area contributed by atoms with Crippen LogP contribution in [0.5, 0.6) is 5.75 Å². The Bertz CT molecular complexity index is 918. The molecule has 142 valence electrons. The van der Waals surface area contributed by atoms with Gasteiger partial charge in [0.2, 0.25) is 0 Å². The lowest BCUT2D eigenvalue weighted by Crippen LogP contribution is -2.11. The van der Waals surface area contributed by atoms with Gasteiger partial charge < -0.3 is 10.1 Å². The van der Waals surface area contributed by atoms with E-state index in [1.54, 1.807) is 17.1 Å². The van der Waals surface area contributed by atoms with Crippen LogP contribution in [-0.2, 0) is 13.1 Å². The summed E-state index contributed by atoms with van der Waals surface area (Å²) < 4.78 is 32.2. The van der Waals surface area contributed by atoms with Crippen LogP contribution in [0.3, 0.4) is 0 Å². The van der Waals surface area contributed by atoms with Crippen molar-refractivity contribution in [3.05, 3.63) is 59.7 Å². The van der Waals surface area contributed by atoms with Crippen molar-refractivity contribution in [2.24, 2.45) is 0 Å². The van der Waals surface area contributed by atoms with Gasteiger partial charge in [-0.15, -0.1) is 0 Å². The lowest BCUT2D eigenvalue weighted by molar-refractivity contribution is -0.0498. The number of benzene rings is 1. The highest BCUT2D eigenvalue weighted by atomic mass is 19.3. The Morgan fingerprint density at radius 1 is 1.22 bits per heavy atom. The van der Waals surface area contributed by atoms with Crippen molar-refractivity contribution in [1.29, 1.82) is 0 Å². The Hall–Kier alpha value is -3.23. The molecule has 0 saturated carbocycles. The maximum Gasteiger partial charge on any atom is 0.387 e. The fourth-order valence-corrected chi connectivity index (χ4v) is 2.64. The molecule has 3 rings (SSSR count). The highest BCUT2D eigenvalue weighted by Gasteiger charge is 2.11. The molecule has 0 saturated heterocycles. The number of hydrogen-bond acceptors (Lipinski definition) is 4. The molecular weight excluding hydrogens is 356 g/mol. The minimum absolute atomic E-state index is 0.00244. The molecule has 27 heavy (non-hydrogen) atoms. The van der Waals surface area contributed by atoms with E-state index in [1.807, 2.05) is 24.7 Å². The summed E-state index contributed by atoms with van der Waals surface area (Å²) in [6.07, 6.45) is 5.07. The van der Waals surface area contributed by atoms with Gasteiger partial charge in [0.15, 0.2) is 0 Å². The van der Waals surface area contributed by atoms with Crippen LogP contribution >= 0.6 is 0 Å². The zero-order valence-electron chi connectivity index (χ0n) is 14.9. The molecule has 0 aliphatic heterocycles. The largest absolute Gasteiger partial charge is 0.435 e. The van der Waals surface area contributed by atoms with E-state index in [4.69, 9.17) is 0 Å². The molecule has 3 aromatic rings. The van der Waals surface area contributed by atoms with Crippen LogP contribution in [-0.4, -0.2) is 32.1 Å². The number of alkyl halides is 2. The van der Waals surface area contributed by atoms with Gasteiger partial charge in [-0.3, -0.25) is 14.2 Å². The van der Waals surface area contributed by atoms with E-state index in [9.17, 15) is 13.6 Å². The lowest BCUT2D eigenvalue weighted by Gasteiger charge is -2.06. The Labute approximate surface area is 154 Å². The number of carbonyl (C=O) groups excluding carboxylic acids is 1. The lowest BCUT2D eigenvalue weighted by atomic mass is 10.2. The Kier molecular flexibility index (Phi) is 5.49. The third-order valence-corrected chi connectivity index (χ3v) is 4.07. The first-order valence-electron chi connectivity index (χ1n) is 8.36. The summed E-state index contributed by atoms with van der Waals surface area (Å²) in [6, 6.07) is 5.47. The highest BCUT2D eigenvalue weighted by Crippen LogP contribution is 2.16. The summed E-state index contributed by atoms with van der Waals surface area (Å²) in [6.45, 7) is 2.47. The van der Waals surface area contributed by atoms with Crippen molar-refractivity contribution in [2.45, 2.75) is 33.5 Å². The summed E-state index contributed by atoms with van der Waals surface area (Å²) in [5, 5.41) is 11.3. The van der Waals surface area contributed by atoms with E-state index in [-0.39, 0.29) is 11.7 Å². The molecule has 0 aliphatic rings. The third-order valence-electron chi connectivity index (χ3n) is 4.07. The fourth-order valence-electron chi connectivity index (χ4n) is 2.64. The molecule has 0 aliphatic carbocycles. The zero-order chi connectivity index (χ0) is 19.4. The molecule has 2 heterocycles. The smallest absolute Gasteiger partial charge is 0.387 e. The number of nitrogens with zero attached hydrogens (tertiary/aromatic N) is 4. The topological polar surface area (TPSA) is 74.0 Å². The van der Waals surface area contributed by atoms with Crippen molar-refractivity contribution < 1.29 is 18.3 Å². The molecule has 1 amide bonds. The first-order valence-corrected chi connectivity index (χ1v) is 8.36. The van der Waals surface area contributed by atoms with Gasteiger partial charge >= 0.3 is 6.61 Å². The van der Waals surface area contributed by atoms with E-state index >= 15 is 0 Å². The summed E-state index contributed by atoms with van der Waals surface area (Å²) in [5.41, 5.74) is 2.98. The number of aryl methyl sites for hydroxylation is 1. The van der Waals surface area contributed by atoms with Gasteiger partial charge in [0, 0.05) is 29.6 Å². The molecule has 0 spiro atoms. The first kappa shape index (κ1) is 18.6. The minimum atomic E-state index is -2.90. The average Bonchev–Trinajstić information content (AvgIpc) is 3.22. The Morgan fingerprint density at radius 2 is 1.96 bits per heavy atom. The van der Waals surface area contributed by atoms with E-state index < -0.39 is 6.61 Å². The van der Waals surface area contributed by atoms with Gasteiger partial charge in [-0.25, -0.2) is 0 Å². The van der Waals surface area contributed by atoms with Crippen molar-refractivity contribution in [1.82, 2.24) is 19.6 Å². The maximum atomic E-state index is 12.3. The second-order valence-electron chi connectivity index (χ2n) is 5.85. The second-order valence-corrected chi connectivity index (χ2v) is 5.85. The number of rotatable bonds is 7. The molecule has 0 atom stereocenters. The molecule has 7 nitrogen and oxygen atoms in total. The summed E-state index contributed by atoms with van der Waals surface area (Å²) in [5.74, 6) is -0.370. The number of nitrogens with one attached hydrogen (secondary N) is 1. The number of ether oxygens (including phenoxy) is 1. The van der Waals surface area contributed by atoms with Gasteiger partial charge in [0.1, 0.15) is 5.75 Å². The molecule has 9 heteroatoms. The number of halogens is 2. The molecule has 1 N–H and O–H groups in total. The molecular formula is C18H19F2N5O2. The number of carbonyl (C=O) groups is 1. The Morgan fingerprint density at radius 3 is 2.59 bits per heavy atom. The summed E-state index contributed by atoms with van der Waals surface area (Å²) >= 11 is 0. The van der Waals surface area contributed by atoms with Crippen molar-refractivity contribution in [2.75, 3.05) is 5.32 Å². The van der Waals surface area contributed by atoms with Crippen LogP contribution in [0.25, 0.3) is 0 Å². The SMILES string of the molecule is CCn1ncc(Cn2cc(NC(=O)c3ccc(OC(F)F)cc3)cn2)c1C. The highest BCUT2D eigenvalue weighted by molar-refractivity contribution is 6.04. The van der Waals surface area contributed by atoms with Gasteiger partial charge in [0.25, 0.3) is 5.91 Å². The van der Waals surface area contributed by atoms with Gasteiger partial charge in [-0.2, -0.15) is 19.0 Å². The van der Waals surface area contributed by atoms with Crippen LogP contribution in [0.15, 0.2) is 42.9 Å².